The lowest BCUT2D eigenvalue weighted by atomic mass is 10.2. The molecule has 0 aliphatic carbocycles. The molecule has 10 heteroatoms. The molecule has 2 aromatic carbocycles. The van der Waals surface area contributed by atoms with E-state index in [1.807, 2.05) is 30.3 Å². The first-order valence-electron chi connectivity index (χ1n) is 10.9. The number of hydrogen-bond donors (Lipinski definition) is 1. The summed E-state index contributed by atoms with van der Waals surface area (Å²) in [6.45, 7) is 3.10. The number of amides is 1. The molecule has 4 rings (SSSR count). The van der Waals surface area contributed by atoms with Gasteiger partial charge in [-0.1, -0.05) is 18.2 Å². The van der Waals surface area contributed by atoms with Crippen LogP contribution in [-0.2, 0) is 21.2 Å². The van der Waals surface area contributed by atoms with E-state index in [9.17, 15) is 13.2 Å². The molecule has 0 atom stereocenters. The van der Waals surface area contributed by atoms with Crippen molar-refractivity contribution in [2.24, 2.45) is 0 Å². The highest BCUT2D eigenvalue weighted by molar-refractivity contribution is 7.89. The summed E-state index contributed by atoms with van der Waals surface area (Å²) in [7, 11) is -3.70. The lowest BCUT2D eigenvalue weighted by Crippen LogP contribution is -2.28. The molecule has 33 heavy (non-hydrogen) atoms. The van der Waals surface area contributed by atoms with Gasteiger partial charge in [-0.05, 0) is 50.1 Å². The largest absolute Gasteiger partial charge is 0.492 e. The summed E-state index contributed by atoms with van der Waals surface area (Å²) in [6.07, 6.45) is 2.04. The van der Waals surface area contributed by atoms with Crippen molar-refractivity contribution < 1.29 is 22.4 Å². The molecule has 2 heterocycles. The molecule has 0 bridgehead atoms. The van der Waals surface area contributed by atoms with Gasteiger partial charge in [0, 0.05) is 37.2 Å². The van der Waals surface area contributed by atoms with Crippen LogP contribution in [0, 0.1) is 0 Å². The Balaban J connectivity index is 1.43. The molecule has 1 N–H and O–H groups in total. The maximum atomic E-state index is 13.1. The average Bonchev–Trinajstić information content (AvgIpc) is 3.52. The average molecular weight is 471 g/mol. The molecule has 1 aliphatic heterocycles. The van der Waals surface area contributed by atoms with Crippen molar-refractivity contribution in [3.05, 3.63) is 54.4 Å². The number of hydrogen-bond acceptors (Lipinski definition) is 7. The predicted octanol–water partition coefficient (Wildman–Crippen LogP) is 3.49. The van der Waals surface area contributed by atoms with E-state index in [-0.39, 0.29) is 29.4 Å². The highest BCUT2D eigenvalue weighted by atomic mass is 32.2. The fraction of sp³-hybridized carbons (Fsp3) is 0.348. The van der Waals surface area contributed by atoms with E-state index in [2.05, 4.69) is 15.5 Å². The molecule has 1 amide bonds. The standard InChI is InChI=1S/C23H26N4O5S/c1-2-31-19-11-10-18(16-20(19)33(29,30)27-14-6-7-15-27)24-21(28)12-13-22-25-26-23(32-22)17-8-4-3-5-9-17/h3-5,8-11,16H,2,6-7,12-15H2,1H3,(H,24,28). The maximum Gasteiger partial charge on any atom is 0.247 e. The fourth-order valence-corrected chi connectivity index (χ4v) is 5.30. The van der Waals surface area contributed by atoms with Crippen LogP contribution in [0.3, 0.4) is 0 Å². The van der Waals surface area contributed by atoms with Crippen LogP contribution >= 0.6 is 0 Å². The number of rotatable bonds is 9. The Morgan fingerprint density at radius 3 is 2.61 bits per heavy atom. The predicted molar refractivity (Wildman–Crippen MR) is 122 cm³/mol. The number of nitrogens with one attached hydrogen (secondary N) is 1. The minimum atomic E-state index is -3.70. The van der Waals surface area contributed by atoms with E-state index >= 15 is 0 Å². The van der Waals surface area contributed by atoms with E-state index in [0.717, 1.165) is 18.4 Å². The number of anilines is 1. The number of carbonyl (C=O) groups is 1. The quantitative estimate of drug-likeness (QED) is 0.509. The van der Waals surface area contributed by atoms with Crippen LogP contribution in [0.5, 0.6) is 5.75 Å². The molecule has 3 aromatic rings. The second-order valence-corrected chi connectivity index (χ2v) is 9.53. The lowest BCUT2D eigenvalue weighted by molar-refractivity contribution is -0.116. The van der Waals surface area contributed by atoms with E-state index < -0.39 is 10.0 Å². The molecular formula is C23H26N4O5S. The van der Waals surface area contributed by atoms with Gasteiger partial charge in [0.1, 0.15) is 10.6 Å². The third-order valence-electron chi connectivity index (χ3n) is 5.26. The summed E-state index contributed by atoms with van der Waals surface area (Å²) in [5.41, 5.74) is 1.19. The van der Waals surface area contributed by atoms with E-state index in [1.165, 1.54) is 10.4 Å². The van der Waals surface area contributed by atoms with Crippen molar-refractivity contribution in [1.29, 1.82) is 0 Å². The van der Waals surface area contributed by atoms with Gasteiger partial charge in [-0.15, -0.1) is 10.2 Å². The van der Waals surface area contributed by atoms with Crippen LogP contribution in [0.4, 0.5) is 5.69 Å². The molecule has 0 spiro atoms. The topological polar surface area (TPSA) is 115 Å². The van der Waals surface area contributed by atoms with Crippen molar-refractivity contribution in [1.82, 2.24) is 14.5 Å². The third kappa shape index (κ3) is 5.40. The lowest BCUT2D eigenvalue weighted by Gasteiger charge is -2.19. The van der Waals surface area contributed by atoms with Crippen LogP contribution in [0.25, 0.3) is 11.5 Å². The molecule has 0 saturated carbocycles. The summed E-state index contributed by atoms with van der Waals surface area (Å²) in [5, 5.41) is 10.8. The summed E-state index contributed by atoms with van der Waals surface area (Å²) in [4.78, 5) is 12.6. The summed E-state index contributed by atoms with van der Waals surface area (Å²) < 4.78 is 38.8. The van der Waals surface area contributed by atoms with Crippen LogP contribution < -0.4 is 10.1 Å². The van der Waals surface area contributed by atoms with Gasteiger partial charge in [0.05, 0.1) is 6.61 Å². The summed E-state index contributed by atoms with van der Waals surface area (Å²) >= 11 is 0. The van der Waals surface area contributed by atoms with Gasteiger partial charge in [-0.3, -0.25) is 4.79 Å². The van der Waals surface area contributed by atoms with Crippen LogP contribution in [-0.4, -0.2) is 48.5 Å². The van der Waals surface area contributed by atoms with Crippen LogP contribution in [0.15, 0.2) is 57.8 Å². The number of sulfonamides is 1. The first-order valence-corrected chi connectivity index (χ1v) is 12.4. The zero-order valence-corrected chi connectivity index (χ0v) is 19.2. The van der Waals surface area contributed by atoms with Crippen molar-refractivity contribution in [3.63, 3.8) is 0 Å². The highest BCUT2D eigenvalue weighted by Gasteiger charge is 2.30. The molecule has 1 aromatic heterocycles. The monoisotopic (exact) mass is 470 g/mol. The summed E-state index contributed by atoms with van der Waals surface area (Å²) in [6, 6.07) is 14.0. The Morgan fingerprint density at radius 1 is 1.12 bits per heavy atom. The summed E-state index contributed by atoms with van der Waals surface area (Å²) in [5.74, 6) is 0.743. The molecule has 174 valence electrons. The number of nitrogens with zero attached hydrogens (tertiary/aromatic N) is 3. The molecule has 9 nitrogen and oxygen atoms in total. The Bertz CT molecular complexity index is 1200. The van der Waals surface area contributed by atoms with Gasteiger partial charge in [-0.2, -0.15) is 4.31 Å². The smallest absolute Gasteiger partial charge is 0.247 e. The molecule has 0 radical (unpaired) electrons. The van der Waals surface area contributed by atoms with Crippen molar-refractivity contribution in [2.45, 2.75) is 37.5 Å². The number of carbonyl (C=O) groups excluding carboxylic acids is 1. The second kappa shape index (κ2) is 10.1. The highest BCUT2D eigenvalue weighted by Crippen LogP contribution is 2.31. The van der Waals surface area contributed by atoms with Gasteiger partial charge in [0.15, 0.2) is 0 Å². The normalized spacial score (nSPS) is 14.3. The number of aryl methyl sites for hydroxylation is 1. The second-order valence-electron chi connectivity index (χ2n) is 7.62. The van der Waals surface area contributed by atoms with Crippen molar-refractivity contribution >= 4 is 21.6 Å². The molecule has 1 aliphatic rings. The SMILES string of the molecule is CCOc1ccc(NC(=O)CCc2nnc(-c3ccccc3)o2)cc1S(=O)(=O)N1CCCC1. The maximum absolute atomic E-state index is 13.1. The van der Waals surface area contributed by atoms with Gasteiger partial charge >= 0.3 is 0 Å². The van der Waals surface area contributed by atoms with E-state index in [4.69, 9.17) is 9.15 Å². The first-order chi connectivity index (χ1) is 16.0. The van der Waals surface area contributed by atoms with Gasteiger partial charge in [0.25, 0.3) is 0 Å². The Kier molecular flexibility index (Phi) is 7.05. The van der Waals surface area contributed by atoms with Crippen LogP contribution in [0.2, 0.25) is 0 Å². The zero-order chi connectivity index (χ0) is 23.3. The minimum absolute atomic E-state index is 0.0634. The molecular weight excluding hydrogens is 444 g/mol. The van der Waals surface area contributed by atoms with Crippen LogP contribution in [0.1, 0.15) is 32.1 Å². The third-order valence-corrected chi connectivity index (χ3v) is 7.18. The van der Waals surface area contributed by atoms with E-state index in [1.54, 1.807) is 19.1 Å². The fourth-order valence-electron chi connectivity index (χ4n) is 3.63. The molecule has 0 unspecified atom stereocenters. The molecule has 1 saturated heterocycles. The van der Waals surface area contributed by atoms with Crippen molar-refractivity contribution in [2.75, 3.05) is 25.0 Å². The van der Waals surface area contributed by atoms with Crippen molar-refractivity contribution in [3.8, 4) is 17.2 Å². The Labute approximate surface area is 192 Å². The molecule has 1 fully saturated rings. The zero-order valence-electron chi connectivity index (χ0n) is 18.4. The number of ether oxygens (including phenoxy) is 1. The number of benzene rings is 2. The first kappa shape index (κ1) is 22.9. The number of aromatic nitrogens is 2. The minimum Gasteiger partial charge on any atom is -0.492 e. The van der Waals surface area contributed by atoms with E-state index in [0.29, 0.717) is 37.2 Å². The van der Waals surface area contributed by atoms with Gasteiger partial charge in [-0.25, -0.2) is 8.42 Å². The van der Waals surface area contributed by atoms with Gasteiger partial charge in [0.2, 0.25) is 27.7 Å². The Morgan fingerprint density at radius 2 is 1.88 bits per heavy atom. The Hall–Kier alpha value is -3.24. The van der Waals surface area contributed by atoms with Gasteiger partial charge < -0.3 is 14.5 Å².